The third kappa shape index (κ3) is 4.09. The molecule has 3 heterocycles. The normalized spacial score (nSPS) is 11.4. The Morgan fingerprint density at radius 1 is 1.00 bits per heavy atom. The van der Waals surface area contributed by atoms with Crippen LogP contribution in [0, 0.1) is 6.07 Å². The second-order valence-corrected chi connectivity index (χ2v) is 10.7. The van der Waals surface area contributed by atoms with Gasteiger partial charge >= 0.3 is 127 Å². The van der Waals surface area contributed by atoms with E-state index in [-0.39, 0.29) is 31.6 Å². The third-order valence-electron chi connectivity index (χ3n) is 4.06. The molecule has 0 amide bonds. The van der Waals surface area contributed by atoms with Crippen molar-refractivity contribution in [1.82, 2.24) is 4.98 Å². The molecular formula is C22H16IrNO2Se2-. The van der Waals surface area contributed by atoms with E-state index in [1.54, 1.807) is 0 Å². The molecular weight excluding hydrogens is 660 g/mol. The molecule has 0 aliphatic heterocycles. The molecule has 0 aliphatic carbocycles. The van der Waals surface area contributed by atoms with Crippen LogP contribution in [0.15, 0.2) is 60.5 Å². The average molecular weight is 677 g/mol. The first-order chi connectivity index (χ1) is 13.0. The van der Waals surface area contributed by atoms with Gasteiger partial charge in [-0.3, -0.25) is 4.79 Å². The molecule has 5 aromatic rings. The first-order valence-corrected chi connectivity index (χ1v) is 11.8. The monoisotopic (exact) mass is 679 g/mol. The van der Waals surface area contributed by atoms with Crippen LogP contribution in [0.1, 0.15) is 13.8 Å². The van der Waals surface area contributed by atoms with Crippen LogP contribution in [0.5, 0.6) is 0 Å². The minimum absolute atomic E-state index is 0. The van der Waals surface area contributed by atoms with Gasteiger partial charge in [0.15, 0.2) is 5.78 Å². The van der Waals surface area contributed by atoms with Crippen LogP contribution in [0.4, 0.5) is 0 Å². The number of hydrogen-bond donors (Lipinski definition) is 1. The van der Waals surface area contributed by atoms with E-state index < -0.39 is 0 Å². The molecule has 0 aliphatic rings. The van der Waals surface area contributed by atoms with Crippen molar-refractivity contribution in [3.05, 3.63) is 66.6 Å². The van der Waals surface area contributed by atoms with Crippen LogP contribution in [0.2, 0.25) is 0 Å². The molecule has 0 fully saturated rings. The Hall–Kier alpha value is -1.51. The Bertz CT molecular complexity index is 1330. The summed E-state index contributed by atoms with van der Waals surface area (Å²) in [6, 6.07) is 18.8. The van der Waals surface area contributed by atoms with Crippen LogP contribution < -0.4 is 0 Å². The third-order valence-corrected chi connectivity index (χ3v) is 8.73. The van der Waals surface area contributed by atoms with Gasteiger partial charge in [-0.15, -0.1) is 0 Å². The molecule has 0 unspecified atom stereocenters. The van der Waals surface area contributed by atoms with E-state index in [2.05, 4.69) is 53.5 Å². The van der Waals surface area contributed by atoms with Crippen molar-refractivity contribution in [2.45, 2.75) is 13.8 Å². The van der Waals surface area contributed by atoms with Gasteiger partial charge < -0.3 is 5.11 Å². The van der Waals surface area contributed by atoms with Gasteiger partial charge in [0.2, 0.25) is 0 Å². The van der Waals surface area contributed by atoms with E-state index >= 15 is 0 Å². The van der Waals surface area contributed by atoms with Crippen molar-refractivity contribution in [2.75, 3.05) is 0 Å². The number of aromatic nitrogens is 1. The summed E-state index contributed by atoms with van der Waals surface area (Å²) in [5.41, 5.74) is 1.14. The standard InChI is InChI=1S/C17H8NSe2.C5H8O2.Ir/c1-4-10-15-11(5-1)19-12-6-2-7-13(16(12)15)20-14-8-3-9-18-17(10)14;1-4(6)3-5(2)7;/h1-3,5-9H;3,6H,1-2H3;/q-1;;/b;4-3-;. The summed E-state index contributed by atoms with van der Waals surface area (Å²) in [5.74, 6) is -0.0625. The maximum atomic E-state index is 10.0. The van der Waals surface area contributed by atoms with Crippen LogP contribution in [0.25, 0.3) is 38.7 Å². The van der Waals surface area contributed by atoms with Crippen molar-refractivity contribution in [3.8, 4) is 0 Å². The Labute approximate surface area is 187 Å². The second-order valence-electron chi connectivity index (χ2n) is 6.17. The SMILES string of the molecule is CC(=O)/C=C(/C)O.[Ir].[c-]1ccc2[se]c3cccc4[se]c5cccnc5c1c2c43. The summed E-state index contributed by atoms with van der Waals surface area (Å²) in [6.45, 7) is 2.85. The zero-order valence-corrected chi connectivity index (χ0v) is 21.0. The molecule has 3 aromatic heterocycles. The molecule has 1 radical (unpaired) electrons. The Kier molecular flexibility index (Phi) is 6.72. The Morgan fingerprint density at radius 2 is 1.64 bits per heavy atom. The minimum atomic E-state index is -0.125. The van der Waals surface area contributed by atoms with Gasteiger partial charge in [0, 0.05) is 26.2 Å². The molecule has 28 heavy (non-hydrogen) atoms. The molecule has 0 atom stereocenters. The van der Waals surface area contributed by atoms with Crippen molar-refractivity contribution >= 4 is 73.5 Å². The second kappa shape index (κ2) is 8.88. The molecule has 0 saturated heterocycles. The van der Waals surface area contributed by atoms with Gasteiger partial charge in [0.05, 0.1) is 5.76 Å². The van der Waals surface area contributed by atoms with E-state index in [1.165, 1.54) is 53.1 Å². The van der Waals surface area contributed by atoms with Crippen molar-refractivity contribution in [1.29, 1.82) is 0 Å². The molecule has 2 aromatic carbocycles. The van der Waals surface area contributed by atoms with Gasteiger partial charge in [-0.1, -0.05) is 0 Å². The summed E-state index contributed by atoms with van der Waals surface area (Å²) in [7, 11) is 0. The average Bonchev–Trinajstić information content (AvgIpc) is 2.93. The molecule has 5 rings (SSSR count). The first kappa shape index (κ1) is 21.2. The van der Waals surface area contributed by atoms with E-state index in [4.69, 9.17) is 5.11 Å². The zero-order chi connectivity index (χ0) is 19.0. The van der Waals surface area contributed by atoms with Crippen molar-refractivity contribution in [2.24, 2.45) is 0 Å². The van der Waals surface area contributed by atoms with Gasteiger partial charge in [0.1, 0.15) is 0 Å². The van der Waals surface area contributed by atoms with Gasteiger partial charge in [-0.05, 0) is 13.8 Å². The predicted molar refractivity (Wildman–Crippen MR) is 114 cm³/mol. The number of fused-ring (bicyclic) bond motifs is 2. The van der Waals surface area contributed by atoms with Gasteiger partial charge in [-0.25, -0.2) is 0 Å². The summed E-state index contributed by atoms with van der Waals surface area (Å²) in [5, 5.41) is 12.5. The number of ketones is 1. The molecule has 0 spiro atoms. The maximum absolute atomic E-state index is 10.0. The number of rotatable bonds is 1. The number of aliphatic hydroxyl groups is 1. The molecule has 0 bridgehead atoms. The summed E-state index contributed by atoms with van der Waals surface area (Å²) < 4.78 is 5.90. The van der Waals surface area contributed by atoms with Crippen LogP contribution >= 0.6 is 0 Å². The number of allylic oxidation sites excluding steroid dienone is 2. The number of carbonyl (C=O) groups is 1. The fraction of sp³-hybridized carbons (Fsp3) is 0.0909. The molecule has 0 saturated carbocycles. The summed E-state index contributed by atoms with van der Waals surface area (Å²) in [6.07, 6.45) is 3.07. The number of nitrogens with zero attached hydrogens (tertiary/aromatic N) is 1. The number of carbonyl (C=O) groups excluding carboxylic acids is 1. The van der Waals surface area contributed by atoms with Gasteiger partial charge in [-0.2, -0.15) is 0 Å². The number of hydrogen-bond acceptors (Lipinski definition) is 3. The Morgan fingerprint density at radius 3 is 2.29 bits per heavy atom. The molecule has 1 N–H and O–H groups in total. The van der Waals surface area contributed by atoms with E-state index in [9.17, 15) is 4.79 Å². The van der Waals surface area contributed by atoms with Gasteiger partial charge in [0.25, 0.3) is 0 Å². The first-order valence-electron chi connectivity index (χ1n) is 8.41. The summed E-state index contributed by atoms with van der Waals surface area (Å²) in [4.78, 5) is 14.7. The van der Waals surface area contributed by atoms with Crippen LogP contribution in [-0.2, 0) is 24.9 Å². The van der Waals surface area contributed by atoms with E-state index in [1.807, 2.05) is 6.20 Å². The summed E-state index contributed by atoms with van der Waals surface area (Å²) >= 11 is 0.770. The molecule has 3 nitrogen and oxygen atoms in total. The van der Waals surface area contributed by atoms with E-state index in [0.717, 1.165) is 5.52 Å². The van der Waals surface area contributed by atoms with Crippen LogP contribution in [0.3, 0.4) is 0 Å². The quantitative estimate of drug-likeness (QED) is 0.122. The fourth-order valence-corrected chi connectivity index (χ4v) is 8.14. The molecule has 6 heteroatoms. The number of pyridine rings is 1. The van der Waals surface area contributed by atoms with E-state index in [0.29, 0.717) is 29.0 Å². The van der Waals surface area contributed by atoms with Crippen LogP contribution in [-0.4, -0.2) is 44.9 Å². The zero-order valence-electron chi connectivity index (χ0n) is 15.1. The predicted octanol–water partition coefficient (Wildman–Crippen LogP) is 4.64. The number of aliphatic hydroxyl groups excluding tert-OH is 1. The molecule has 143 valence electrons. The fourth-order valence-electron chi connectivity index (χ4n) is 3.12. The van der Waals surface area contributed by atoms with Crippen molar-refractivity contribution in [3.63, 3.8) is 0 Å². The number of benzene rings is 2. The Balaban J connectivity index is 0.000000246. The van der Waals surface area contributed by atoms with Crippen molar-refractivity contribution < 1.29 is 30.0 Å². The topological polar surface area (TPSA) is 50.2 Å².